The molecule has 0 spiro atoms. The number of fused-ring (bicyclic) bond motifs is 1. The van der Waals surface area contributed by atoms with Crippen molar-refractivity contribution in [1.82, 2.24) is 10.3 Å². The Labute approximate surface area is 134 Å². The van der Waals surface area contributed by atoms with Crippen LogP contribution in [0.1, 0.15) is 40.0 Å². The summed E-state index contributed by atoms with van der Waals surface area (Å²) in [5.41, 5.74) is 9.46. The van der Waals surface area contributed by atoms with Crippen LogP contribution >= 0.6 is 0 Å². The summed E-state index contributed by atoms with van der Waals surface area (Å²) < 4.78 is 0. The highest BCUT2D eigenvalue weighted by Gasteiger charge is 2.16. The van der Waals surface area contributed by atoms with Crippen molar-refractivity contribution < 1.29 is 4.79 Å². The molecule has 120 valence electrons. The minimum atomic E-state index is -0.310. The van der Waals surface area contributed by atoms with Crippen LogP contribution in [0.3, 0.4) is 0 Å². The van der Waals surface area contributed by atoms with Crippen molar-refractivity contribution in [2.45, 2.75) is 32.1 Å². The number of anilines is 1. The number of H-pyrrole nitrogens is 1. The lowest BCUT2D eigenvalue weighted by molar-refractivity contribution is 0.0952. The summed E-state index contributed by atoms with van der Waals surface area (Å²) in [5, 5.41) is 2.82. The molecule has 0 radical (unpaired) electrons. The molecule has 1 heterocycles. The summed E-state index contributed by atoms with van der Waals surface area (Å²) >= 11 is 0. The van der Waals surface area contributed by atoms with Crippen LogP contribution in [-0.2, 0) is 19.3 Å². The zero-order valence-electron chi connectivity index (χ0n) is 13.0. The first-order chi connectivity index (χ1) is 11.1. The van der Waals surface area contributed by atoms with Gasteiger partial charge in [0.15, 0.2) is 0 Å². The first-order valence-corrected chi connectivity index (χ1v) is 8.01. The van der Waals surface area contributed by atoms with E-state index < -0.39 is 0 Å². The van der Waals surface area contributed by atoms with Gasteiger partial charge in [0, 0.05) is 17.9 Å². The van der Waals surface area contributed by atoms with Crippen LogP contribution in [0.2, 0.25) is 0 Å². The van der Waals surface area contributed by atoms with Crippen molar-refractivity contribution in [2.24, 2.45) is 0 Å². The van der Waals surface area contributed by atoms with Gasteiger partial charge in [0.2, 0.25) is 0 Å². The van der Waals surface area contributed by atoms with Gasteiger partial charge in [0.1, 0.15) is 5.56 Å². The summed E-state index contributed by atoms with van der Waals surface area (Å²) in [7, 11) is 0. The van der Waals surface area contributed by atoms with E-state index in [-0.39, 0.29) is 17.0 Å². The van der Waals surface area contributed by atoms with Gasteiger partial charge in [-0.3, -0.25) is 9.59 Å². The van der Waals surface area contributed by atoms with E-state index >= 15 is 0 Å². The number of aromatic nitrogens is 1. The maximum Gasteiger partial charge on any atom is 0.261 e. The molecule has 5 heteroatoms. The lowest BCUT2D eigenvalue weighted by Gasteiger charge is -2.15. The fourth-order valence-electron chi connectivity index (χ4n) is 2.94. The largest absolute Gasteiger partial charge is 0.399 e. The number of hydrogen-bond donors (Lipinski definition) is 3. The first-order valence-electron chi connectivity index (χ1n) is 8.01. The van der Waals surface area contributed by atoms with Gasteiger partial charge in [-0.2, -0.15) is 0 Å². The van der Waals surface area contributed by atoms with Crippen LogP contribution in [0, 0.1) is 0 Å². The molecule has 1 aliphatic rings. The molecule has 3 rings (SSSR count). The maximum atomic E-state index is 12.2. The molecule has 1 aromatic carbocycles. The van der Waals surface area contributed by atoms with E-state index in [1.807, 2.05) is 24.3 Å². The average Bonchev–Trinajstić information content (AvgIpc) is 2.56. The van der Waals surface area contributed by atoms with Crippen LogP contribution < -0.4 is 16.6 Å². The SMILES string of the molecule is Nc1ccc(CCNC(=O)c2cc3c([nH]c2=O)CCCC3)cc1. The molecule has 0 fully saturated rings. The van der Waals surface area contributed by atoms with Crippen LogP contribution in [0.15, 0.2) is 35.1 Å². The number of pyridine rings is 1. The number of carbonyl (C=O) groups excluding carboxylic acids is 1. The quantitative estimate of drug-likeness (QED) is 0.752. The number of nitrogens with one attached hydrogen (secondary N) is 2. The second-order valence-electron chi connectivity index (χ2n) is 5.97. The average molecular weight is 311 g/mol. The van der Waals surface area contributed by atoms with Gasteiger partial charge in [-0.25, -0.2) is 0 Å². The predicted octanol–water partition coefficient (Wildman–Crippen LogP) is 1.81. The number of nitrogen functional groups attached to an aromatic ring is 1. The molecule has 0 saturated heterocycles. The Kier molecular flexibility index (Phi) is 4.46. The summed E-state index contributed by atoms with van der Waals surface area (Å²) in [5.74, 6) is -0.310. The van der Waals surface area contributed by atoms with Crippen molar-refractivity contribution in [2.75, 3.05) is 12.3 Å². The van der Waals surface area contributed by atoms with Crippen LogP contribution in [-0.4, -0.2) is 17.4 Å². The molecule has 5 nitrogen and oxygen atoms in total. The van der Waals surface area contributed by atoms with E-state index in [2.05, 4.69) is 10.3 Å². The Hall–Kier alpha value is -2.56. The number of aryl methyl sites for hydroxylation is 2. The molecule has 23 heavy (non-hydrogen) atoms. The molecule has 1 aromatic heterocycles. The van der Waals surface area contributed by atoms with Crippen LogP contribution in [0.25, 0.3) is 0 Å². The molecule has 0 bridgehead atoms. The third-order valence-corrected chi connectivity index (χ3v) is 4.26. The monoisotopic (exact) mass is 311 g/mol. The van der Waals surface area contributed by atoms with Crippen molar-refractivity contribution in [1.29, 1.82) is 0 Å². The van der Waals surface area contributed by atoms with E-state index in [1.54, 1.807) is 6.07 Å². The number of amides is 1. The Balaban J connectivity index is 1.64. The summed E-state index contributed by atoms with van der Waals surface area (Å²) in [4.78, 5) is 27.2. The number of rotatable bonds is 4. The fraction of sp³-hybridized carbons (Fsp3) is 0.333. The van der Waals surface area contributed by atoms with Crippen molar-refractivity contribution in [3.63, 3.8) is 0 Å². The summed E-state index contributed by atoms with van der Waals surface area (Å²) in [6.45, 7) is 0.485. The summed E-state index contributed by atoms with van der Waals surface area (Å²) in [6, 6.07) is 9.31. The molecule has 0 aliphatic heterocycles. The number of carbonyl (C=O) groups is 1. The Morgan fingerprint density at radius 1 is 1.17 bits per heavy atom. The molecular formula is C18H21N3O2. The van der Waals surface area contributed by atoms with Gasteiger partial charge < -0.3 is 16.0 Å². The molecule has 1 aliphatic carbocycles. The fourth-order valence-corrected chi connectivity index (χ4v) is 2.94. The van der Waals surface area contributed by atoms with E-state index in [4.69, 9.17) is 5.73 Å². The van der Waals surface area contributed by atoms with Gasteiger partial charge in [0.25, 0.3) is 11.5 Å². The minimum Gasteiger partial charge on any atom is -0.399 e. The smallest absolute Gasteiger partial charge is 0.261 e. The van der Waals surface area contributed by atoms with Crippen molar-refractivity contribution in [3.05, 3.63) is 63.1 Å². The highest BCUT2D eigenvalue weighted by molar-refractivity contribution is 5.94. The predicted molar refractivity (Wildman–Crippen MR) is 90.6 cm³/mol. The molecule has 0 saturated carbocycles. The second-order valence-corrected chi connectivity index (χ2v) is 5.97. The molecular weight excluding hydrogens is 290 g/mol. The standard InChI is InChI=1S/C18H21N3O2/c19-14-7-5-12(6-8-14)9-10-20-17(22)15-11-13-3-1-2-4-16(13)21-18(15)23/h5-8,11H,1-4,9-10,19H2,(H,20,22)(H,21,23). The molecule has 2 aromatic rings. The van der Waals surface area contributed by atoms with Gasteiger partial charge >= 0.3 is 0 Å². The highest BCUT2D eigenvalue weighted by Crippen LogP contribution is 2.18. The Morgan fingerprint density at radius 2 is 1.91 bits per heavy atom. The number of nitrogens with two attached hydrogens (primary N) is 1. The van der Waals surface area contributed by atoms with Gasteiger partial charge in [-0.05, 0) is 61.4 Å². The van der Waals surface area contributed by atoms with E-state index in [0.29, 0.717) is 13.0 Å². The molecule has 0 unspecified atom stereocenters. The molecule has 0 atom stereocenters. The van der Waals surface area contributed by atoms with Gasteiger partial charge in [-0.15, -0.1) is 0 Å². The third kappa shape index (κ3) is 3.62. The Morgan fingerprint density at radius 3 is 2.70 bits per heavy atom. The molecule has 4 N–H and O–H groups in total. The topological polar surface area (TPSA) is 88.0 Å². The van der Waals surface area contributed by atoms with Gasteiger partial charge in [0.05, 0.1) is 0 Å². The van der Waals surface area contributed by atoms with E-state index in [0.717, 1.165) is 48.2 Å². The summed E-state index contributed by atoms with van der Waals surface area (Å²) in [6.07, 6.45) is 4.73. The number of benzene rings is 1. The minimum absolute atomic E-state index is 0.211. The zero-order chi connectivity index (χ0) is 16.2. The third-order valence-electron chi connectivity index (χ3n) is 4.26. The molecule has 1 amide bonds. The zero-order valence-corrected chi connectivity index (χ0v) is 13.0. The van der Waals surface area contributed by atoms with Gasteiger partial charge in [-0.1, -0.05) is 12.1 Å². The highest BCUT2D eigenvalue weighted by atomic mass is 16.2. The number of aromatic amines is 1. The van der Waals surface area contributed by atoms with E-state index in [1.165, 1.54) is 0 Å². The maximum absolute atomic E-state index is 12.2. The van der Waals surface area contributed by atoms with Crippen LogP contribution in [0.4, 0.5) is 5.69 Å². The lowest BCUT2D eigenvalue weighted by atomic mass is 9.95. The first kappa shape index (κ1) is 15.3. The number of hydrogen-bond acceptors (Lipinski definition) is 3. The van der Waals surface area contributed by atoms with E-state index in [9.17, 15) is 9.59 Å². The second kappa shape index (κ2) is 6.69. The Bertz CT molecular complexity index is 763. The van der Waals surface area contributed by atoms with Crippen LogP contribution in [0.5, 0.6) is 0 Å². The van der Waals surface area contributed by atoms with Crippen molar-refractivity contribution in [3.8, 4) is 0 Å². The normalized spacial score (nSPS) is 13.4. The van der Waals surface area contributed by atoms with Crippen molar-refractivity contribution >= 4 is 11.6 Å². The lowest BCUT2D eigenvalue weighted by Crippen LogP contribution is -2.32.